The lowest BCUT2D eigenvalue weighted by Gasteiger charge is -1.96. The Morgan fingerprint density at radius 2 is 2.42 bits per heavy atom. The quantitative estimate of drug-likeness (QED) is 0.852. The fourth-order valence-electron chi connectivity index (χ4n) is 0.717. The lowest BCUT2D eigenvalue weighted by molar-refractivity contribution is 1.15. The van der Waals surface area contributed by atoms with Gasteiger partial charge in [-0.3, -0.25) is 0 Å². The van der Waals surface area contributed by atoms with Gasteiger partial charge in [-0.1, -0.05) is 0 Å². The van der Waals surface area contributed by atoms with Crippen LogP contribution in [0.15, 0.2) is 5.38 Å². The van der Waals surface area contributed by atoms with Gasteiger partial charge in [0.05, 0.1) is 5.69 Å². The van der Waals surface area contributed by atoms with Crippen LogP contribution in [0.2, 0.25) is 0 Å². The molecule has 0 aliphatic rings. The molecule has 0 fully saturated rings. The molecule has 0 aliphatic heterocycles. The Morgan fingerprint density at radius 3 is 2.92 bits per heavy atom. The number of nitrogens with two attached hydrogens (primary N) is 1. The summed E-state index contributed by atoms with van der Waals surface area (Å²) in [6, 6.07) is 0. The third-order valence-corrected chi connectivity index (χ3v) is 3.18. The van der Waals surface area contributed by atoms with Crippen molar-refractivity contribution in [3.05, 3.63) is 16.6 Å². The molecule has 1 aromatic heterocycles. The van der Waals surface area contributed by atoms with Crippen molar-refractivity contribution in [3.8, 4) is 0 Å². The van der Waals surface area contributed by atoms with Crippen LogP contribution in [-0.2, 0) is 5.75 Å². The SMILES string of the molecule is Br.Cc1nscc1CSCCN. The van der Waals surface area contributed by atoms with E-state index in [0.29, 0.717) is 0 Å². The van der Waals surface area contributed by atoms with Gasteiger partial charge in [0, 0.05) is 23.4 Å². The zero-order valence-electron chi connectivity index (χ0n) is 6.95. The van der Waals surface area contributed by atoms with Gasteiger partial charge in [0.2, 0.25) is 0 Å². The largest absolute Gasteiger partial charge is 0.330 e. The zero-order valence-corrected chi connectivity index (χ0v) is 10.3. The first-order valence-electron chi connectivity index (χ1n) is 3.52. The Balaban J connectivity index is 0.00000121. The zero-order chi connectivity index (χ0) is 8.10. The Morgan fingerprint density at radius 1 is 1.67 bits per heavy atom. The molecule has 70 valence electrons. The number of thioether (sulfide) groups is 1. The lowest BCUT2D eigenvalue weighted by Crippen LogP contribution is -2.01. The molecule has 1 rings (SSSR count). The second-order valence-corrected chi connectivity index (χ2v) is 4.00. The van der Waals surface area contributed by atoms with Crippen molar-refractivity contribution in [3.63, 3.8) is 0 Å². The van der Waals surface area contributed by atoms with Crippen LogP contribution in [0.3, 0.4) is 0 Å². The second kappa shape index (κ2) is 6.88. The molecule has 0 spiro atoms. The van der Waals surface area contributed by atoms with Crippen molar-refractivity contribution < 1.29 is 0 Å². The first-order chi connectivity index (χ1) is 5.34. The van der Waals surface area contributed by atoms with Gasteiger partial charge in [-0.25, -0.2) is 0 Å². The van der Waals surface area contributed by atoms with Gasteiger partial charge < -0.3 is 5.73 Å². The lowest BCUT2D eigenvalue weighted by atomic mass is 10.3. The summed E-state index contributed by atoms with van der Waals surface area (Å²) in [6.45, 7) is 2.82. The average molecular weight is 269 g/mol. The van der Waals surface area contributed by atoms with Crippen LogP contribution < -0.4 is 5.73 Å². The normalized spacial score (nSPS) is 9.50. The summed E-state index contributed by atoms with van der Waals surface area (Å²) in [5.74, 6) is 2.09. The molecule has 0 saturated heterocycles. The molecule has 0 atom stereocenters. The standard InChI is InChI=1S/C7H12N2S2.BrH/c1-6-7(5-11-9-6)4-10-3-2-8;/h5H,2-4,8H2,1H3;1H. The third-order valence-electron chi connectivity index (χ3n) is 1.37. The third kappa shape index (κ3) is 3.89. The molecular weight excluding hydrogens is 256 g/mol. The summed E-state index contributed by atoms with van der Waals surface area (Å²) in [6.07, 6.45) is 0. The van der Waals surface area contributed by atoms with E-state index in [2.05, 4.69) is 16.7 Å². The highest BCUT2D eigenvalue weighted by molar-refractivity contribution is 8.93. The highest BCUT2D eigenvalue weighted by Gasteiger charge is 1.99. The minimum Gasteiger partial charge on any atom is -0.330 e. The number of rotatable bonds is 4. The number of hydrogen-bond acceptors (Lipinski definition) is 4. The van der Waals surface area contributed by atoms with E-state index in [-0.39, 0.29) is 17.0 Å². The van der Waals surface area contributed by atoms with E-state index in [0.717, 1.165) is 18.1 Å². The van der Waals surface area contributed by atoms with E-state index >= 15 is 0 Å². The molecule has 5 heteroatoms. The molecule has 2 N–H and O–H groups in total. The molecule has 12 heavy (non-hydrogen) atoms. The van der Waals surface area contributed by atoms with E-state index in [1.54, 1.807) is 0 Å². The molecule has 0 saturated carbocycles. The molecule has 1 aromatic rings. The predicted octanol–water partition coefficient (Wildman–Crippen LogP) is 2.22. The number of nitrogens with zero attached hydrogens (tertiary/aromatic N) is 1. The Bertz CT molecular complexity index is 215. The van der Waals surface area contributed by atoms with Crippen molar-refractivity contribution >= 4 is 40.3 Å². The number of aromatic nitrogens is 1. The average Bonchev–Trinajstić information content (AvgIpc) is 2.37. The topological polar surface area (TPSA) is 38.9 Å². The molecule has 2 nitrogen and oxygen atoms in total. The maximum Gasteiger partial charge on any atom is 0.0551 e. The molecule has 1 heterocycles. The summed E-state index contributed by atoms with van der Waals surface area (Å²) in [5, 5.41) is 2.11. The second-order valence-electron chi connectivity index (χ2n) is 2.27. The van der Waals surface area contributed by atoms with Crippen molar-refractivity contribution in [1.29, 1.82) is 0 Å². The van der Waals surface area contributed by atoms with Crippen molar-refractivity contribution in [2.24, 2.45) is 5.73 Å². The van der Waals surface area contributed by atoms with Gasteiger partial charge in [-0.2, -0.15) is 16.1 Å². The fraction of sp³-hybridized carbons (Fsp3) is 0.571. The minimum absolute atomic E-state index is 0. The van der Waals surface area contributed by atoms with E-state index in [1.165, 1.54) is 22.8 Å². The minimum atomic E-state index is 0. The maximum absolute atomic E-state index is 5.37. The summed E-state index contributed by atoms with van der Waals surface area (Å²) in [4.78, 5) is 0. The maximum atomic E-state index is 5.37. The van der Waals surface area contributed by atoms with Gasteiger partial charge in [0.1, 0.15) is 0 Å². The smallest absolute Gasteiger partial charge is 0.0551 e. The molecule has 0 radical (unpaired) electrons. The molecule has 0 amide bonds. The number of hydrogen-bond donors (Lipinski definition) is 1. The van der Waals surface area contributed by atoms with Crippen LogP contribution >= 0.6 is 40.3 Å². The van der Waals surface area contributed by atoms with E-state index < -0.39 is 0 Å². The highest BCUT2D eigenvalue weighted by Crippen LogP contribution is 2.16. The highest BCUT2D eigenvalue weighted by atomic mass is 79.9. The number of aryl methyl sites for hydroxylation is 1. The first kappa shape index (κ1) is 12.4. The summed E-state index contributed by atoms with van der Waals surface area (Å²) >= 11 is 3.40. The Hall–Kier alpha value is 0.420. The van der Waals surface area contributed by atoms with Crippen LogP contribution in [0.1, 0.15) is 11.3 Å². The van der Waals surface area contributed by atoms with Gasteiger partial charge in [0.15, 0.2) is 0 Å². The van der Waals surface area contributed by atoms with Crippen LogP contribution in [0, 0.1) is 6.92 Å². The monoisotopic (exact) mass is 268 g/mol. The van der Waals surface area contributed by atoms with Crippen LogP contribution in [0.5, 0.6) is 0 Å². The van der Waals surface area contributed by atoms with Crippen LogP contribution in [0.25, 0.3) is 0 Å². The van der Waals surface area contributed by atoms with Crippen LogP contribution in [-0.4, -0.2) is 16.7 Å². The summed E-state index contributed by atoms with van der Waals surface area (Å²) in [7, 11) is 0. The fourth-order valence-corrected chi connectivity index (χ4v) is 2.35. The van der Waals surface area contributed by atoms with Gasteiger partial charge in [-0.15, -0.1) is 17.0 Å². The molecule has 0 unspecified atom stereocenters. The molecular formula is C7H13BrN2S2. The van der Waals surface area contributed by atoms with Gasteiger partial charge in [0.25, 0.3) is 0 Å². The summed E-state index contributed by atoms with van der Waals surface area (Å²) in [5.41, 5.74) is 7.89. The molecule has 0 bridgehead atoms. The van der Waals surface area contributed by atoms with Crippen molar-refractivity contribution in [2.75, 3.05) is 12.3 Å². The summed E-state index contributed by atoms with van der Waals surface area (Å²) < 4.78 is 4.19. The predicted molar refractivity (Wildman–Crippen MR) is 62.4 cm³/mol. The molecule has 0 aromatic carbocycles. The van der Waals surface area contributed by atoms with Crippen molar-refractivity contribution in [1.82, 2.24) is 4.37 Å². The Labute approximate surface area is 91.9 Å². The van der Waals surface area contributed by atoms with E-state index in [1.807, 2.05) is 11.8 Å². The Kier molecular flexibility index (Phi) is 7.13. The van der Waals surface area contributed by atoms with Gasteiger partial charge >= 0.3 is 0 Å². The van der Waals surface area contributed by atoms with Crippen LogP contribution in [0.4, 0.5) is 0 Å². The van der Waals surface area contributed by atoms with E-state index in [4.69, 9.17) is 5.73 Å². The van der Waals surface area contributed by atoms with E-state index in [9.17, 15) is 0 Å². The molecule has 0 aliphatic carbocycles. The number of halogens is 1. The first-order valence-corrected chi connectivity index (χ1v) is 5.51. The van der Waals surface area contributed by atoms with Gasteiger partial charge in [-0.05, 0) is 24.0 Å². The van der Waals surface area contributed by atoms with Crippen molar-refractivity contribution in [2.45, 2.75) is 12.7 Å².